The second kappa shape index (κ2) is 6.55. The predicted molar refractivity (Wildman–Crippen MR) is 74.6 cm³/mol. The molecule has 0 aromatic heterocycles. The van der Waals surface area contributed by atoms with Gasteiger partial charge < -0.3 is 11.1 Å². The predicted octanol–water partition coefficient (Wildman–Crippen LogP) is 3.45. The molecule has 0 atom stereocenters. The number of rotatable bonds is 3. The van der Waals surface area contributed by atoms with Crippen LogP contribution in [0.1, 0.15) is 55.3 Å². The lowest BCUT2D eigenvalue weighted by Crippen LogP contribution is -2.22. The number of hydrogen-bond donors (Lipinski definition) is 2. The van der Waals surface area contributed by atoms with Gasteiger partial charge in [0.1, 0.15) is 5.82 Å². The van der Waals surface area contributed by atoms with E-state index in [4.69, 9.17) is 5.73 Å². The molecule has 0 spiro atoms. The molecule has 3 nitrogen and oxygen atoms in total. The highest BCUT2D eigenvalue weighted by molar-refractivity contribution is 5.93. The van der Waals surface area contributed by atoms with Gasteiger partial charge in [-0.2, -0.15) is 0 Å². The van der Waals surface area contributed by atoms with Gasteiger partial charge in [0.15, 0.2) is 0 Å². The van der Waals surface area contributed by atoms with Gasteiger partial charge in [-0.25, -0.2) is 4.39 Å². The van der Waals surface area contributed by atoms with Gasteiger partial charge in [-0.1, -0.05) is 32.1 Å². The molecule has 104 valence electrons. The molecule has 0 heterocycles. The minimum Gasteiger partial charge on any atom is -0.380 e. The van der Waals surface area contributed by atoms with Crippen molar-refractivity contribution >= 4 is 11.6 Å². The summed E-state index contributed by atoms with van der Waals surface area (Å²) in [5.41, 5.74) is 5.96. The molecular weight excluding hydrogens is 243 g/mol. The molecule has 1 aromatic carbocycles. The Morgan fingerprint density at radius 2 is 1.79 bits per heavy atom. The van der Waals surface area contributed by atoms with Crippen molar-refractivity contribution in [3.63, 3.8) is 0 Å². The summed E-state index contributed by atoms with van der Waals surface area (Å²) in [4.78, 5) is 11.1. The first kappa shape index (κ1) is 13.8. The molecule has 1 aromatic rings. The second-order valence-corrected chi connectivity index (χ2v) is 5.25. The first-order valence-electron chi connectivity index (χ1n) is 7.02. The molecule has 19 heavy (non-hydrogen) atoms. The van der Waals surface area contributed by atoms with Crippen LogP contribution in [0.3, 0.4) is 0 Å². The molecule has 4 heteroatoms. The van der Waals surface area contributed by atoms with Crippen molar-refractivity contribution in [2.24, 2.45) is 5.73 Å². The fourth-order valence-electron chi connectivity index (χ4n) is 2.61. The zero-order valence-electron chi connectivity index (χ0n) is 11.1. The van der Waals surface area contributed by atoms with Crippen molar-refractivity contribution in [2.45, 2.75) is 51.0 Å². The number of primary amides is 1. The smallest absolute Gasteiger partial charge is 0.248 e. The number of anilines is 1. The zero-order valence-corrected chi connectivity index (χ0v) is 11.1. The van der Waals surface area contributed by atoms with Crippen molar-refractivity contribution in [1.29, 1.82) is 0 Å². The average molecular weight is 264 g/mol. The van der Waals surface area contributed by atoms with Crippen LogP contribution in [-0.4, -0.2) is 11.9 Å². The molecule has 0 bridgehead atoms. The number of amides is 1. The average Bonchev–Trinajstić information content (AvgIpc) is 2.34. The number of carbonyl (C=O) groups is 1. The van der Waals surface area contributed by atoms with Crippen LogP contribution in [-0.2, 0) is 0 Å². The largest absolute Gasteiger partial charge is 0.380 e. The standard InChI is InChI=1S/C15H21FN2O/c16-13-9-8-11(15(17)19)10-14(13)18-12-6-4-2-1-3-5-7-12/h8-10,12,18H,1-7H2,(H2,17,19). The molecule has 1 aliphatic rings. The molecule has 0 radical (unpaired) electrons. The monoisotopic (exact) mass is 264 g/mol. The summed E-state index contributed by atoms with van der Waals surface area (Å²) in [6, 6.07) is 4.51. The van der Waals surface area contributed by atoms with Crippen LogP contribution in [0, 0.1) is 5.82 Å². The van der Waals surface area contributed by atoms with Crippen LogP contribution < -0.4 is 11.1 Å². The second-order valence-electron chi connectivity index (χ2n) is 5.25. The maximum Gasteiger partial charge on any atom is 0.248 e. The summed E-state index contributed by atoms with van der Waals surface area (Å²) in [6.45, 7) is 0. The van der Waals surface area contributed by atoms with E-state index in [1.165, 1.54) is 50.3 Å². The van der Waals surface area contributed by atoms with Crippen LogP contribution >= 0.6 is 0 Å². The summed E-state index contributed by atoms with van der Waals surface area (Å²) in [7, 11) is 0. The van der Waals surface area contributed by atoms with E-state index in [9.17, 15) is 9.18 Å². The molecule has 0 unspecified atom stereocenters. The SMILES string of the molecule is NC(=O)c1ccc(F)c(NC2CCCCCCC2)c1. The van der Waals surface area contributed by atoms with Crippen LogP contribution in [0.15, 0.2) is 18.2 Å². The Labute approximate surface area is 113 Å². The van der Waals surface area contributed by atoms with Gasteiger partial charge in [0.25, 0.3) is 0 Å². The van der Waals surface area contributed by atoms with Gasteiger partial charge in [-0.15, -0.1) is 0 Å². The van der Waals surface area contributed by atoms with E-state index >= 15 is 0 Å². The van der Waals surface area contributed by atoms with E-state index in [0.29, 0.717) is 11.3 Å². The first-order chi connectivity index (χ1) is 9.16. The van der Waals surface area contributed by atoms with E-state index in [-0.39, 0.29) is 11.9 Å². The van der Waals surface area contributed by atoms with Crippen molar-refractivity contribution in [1.82, 2.24) is 0 Å². The van der Waals surface area contributed by atoms with Crippen LogP contribution in [0.5, 0.6) is 0 Å². The van der Waals surface area contributed by atoms with Crippen LogP contribution in [0.25, 0.3) is 0 Å². The zero-order chi connectivity index (χ0) is 13.7. The lowest BCUT2D eigenvalue weighted by Gasteiger charge is -2.22. The van der Waals surface area contributed by atoms with E-state index in [1.54, 1.807) is 0 Å². The topological polar surface area (TPSA) is 55.1 Å². The molecule has 1 fully saturated rings. The van der Waals surface area contributed by atoms with Gasteiger partial charge in [0.2, 0.25) is 5.91 Å². The Morgan fingerprint density at radius 1 is 1.16 bits per heavy atom. The summed E-state index contributed by atoms with van der Waals surface area (Å²) in [5.74, 6) is -0.854. The number of nitrogens with one attached hydrogen (secondary N) is 1. The highest BCUT2D eigenvalue weighted by Crippen LogP contribution is 2.23. The van der Waals surface area contributed by atoms with Gasteiger partial charge in [0.05, 0.1) is 5.69 Å². The molecule has 2 rings (SSSR count). The molecule has 1 aliphatic carbocycles. The number of carbonyl (C=O) groups excluding carboxylic acids is 1. The molecule has 0 saturated heterocycles. The minimum absolute atomic E-state index is 0.290. The summed E-state index contributed by atoms with van der Waals surface area (Å²) in [6.07, 6.45) is 8.27. The maximum atomic E-state index is 13.8. The van der Waals surface area contributed by atoms with E-state index < -0.39 is 5.91 Å². The van der Waals surface area contributed by atoms with Gasteiger partial charge in [-0.3, -0.25) is 4.79 Å². The Kier molecular flexibility index (Phi) is 4.77. The third-order valence-corrected chi connectivity index (χ3v) is 3.72. The molecule has 1 saturated carbocycles. The van der Waals surface area contributed by atoms with Gasteiger partial charge in [0, 0.05) is 11.6 Å². The highest BCUT2D eigenvalue weighted by Gasteiger charge is 2.14. The van der Waals surface area contributed by atoms with Crippen molar-refractivity contribution in [3.8, 4) is 0 Å². The molecule has 0 aliphatic heterocycles. The summed E-state index contributed by atoms with van der Waals surface area (Å²) in [5, 5.41) is 3.23. The van der Waals surface area contributed by atoms with E-state index in [1.807, 2.05) is 0 Å². The summed E-state index contributed by atoms with van der Waals surface area (Å²) < 4.78 is 13.8. The van der Waals surface area contributed by atoms with Gasteiger partial charge in [-0.05, 0) is 31.0 Å². The highest BCUT2D eigenvalue weighted by atomic mass is 19.1. The lowest BCUT2D eigenvalue weighted by molar-refractivity contribution is 0.100. The third-order valence-electron chi connectivity index (χ3n) is 3.72. The fraction of sp³-hybridized carbons (Fsp3) is 0.533. The Bertz CT molecular complexity index is 440. The molecule has 1 amide bonds. The third kappa shape index (κ3) is 3.94. The van der Waals surface area contributed by atoms with E-state index in [2.05, 4.69) is 5.32 Å². The Morgan fingerprint density at radius 3 is 2.42 bits per heavy atom. The van der Waals surface area contributed by atoms with Crippen molar-refractivity contribution in [3.05, 3.63) is 29.6 Å². The number of halogens is 1. The van der Waals surface area contributed by atoms with Crippen LogP contribution in [0.2, 0.25) is 0 Å². The molecular formula is C15H21FN2O. The molecule has 3 N–H and O–H groups in total. The van der Waals surface area contributed by atoms with Crippen LogP contribution in [0.4, 0.5) is 10.1 Å². The quantitative estimate of drug-likeness (QED) is 0.878. The number of benzene rings is 1. The van der Waals surface area contributed by atoms with Gasteiger partial charge >= 0.3 is 0 Å². The summed E-state index contributed by atoms with van der Waals surface area (Å²) >= 11 is 0. The minimum atomic E-state index is -0.527. The Balaban J connectivity index is 2.07. The fourth-order valence-corrected chi connectivity index (χ4v) is 2.61. The maximum absolute atomic E-state index is 13.8. The number of nitrogens with two attached hydrogens (primary N) is 1. The van der Waals surface area contributed by atoms with Crippen molar-refractivity contribution in [2.75, 3.05) is 5.32 Å². The van der Waals surface area contributed by atoms with E-state index in [0.717, 1.165) is 12.8 Å². The number of hydrogen-bond acceptors (Lipinski definition) is 2. The Hall–Kier alpha value is -1.58. The van der Waals surface area contributed by atoms with Crippen molar-refractivity contribution < 1.29 is 9.18 Å². The first-order valence-corrected chi connectivity index (χ1v) is 7.02. The lowest BCUT2D eigenvalue weighted by atomic mass is 9.96. The normalized spacial score (nSPS) is 17.5.